The largest absolute Gasteiger partial charge is 0.509 e. The van der Waals surface area contributed by atoms with Gasteiger partial charge in [-0.1, -0.05) is 108 Å². The maximum atomic E-state index is 8.70. The van der Waals surface area contributed by atoms with Crippen LogP contribution >= 0.6 is 0 Å². The van der Waals surface area contributed by atoms with E-state index in [0.717, 1.165) is 45.0 Å². The molecule has 0 aliphatic carbocycles. The summed E-state index contributed by atoms with van der Waals surface area (Å²) in [7, 11) is 0. The summed E-state index contributed by atoms with van der Waals surface area (Å²) in [5, 5.41) is 1.33. The van der Waals surface area contributed by atoms with Crippen LogP contribution in [-0.4, -0.2) is 9.55 Å². The smallest absolute Gasteiger partial charge is 0.135 e. The van der Waals surface area contributed by atoms with E-state index < -0.39 is 13.7 Å². The molecule has 0 radical (unpaired) electrons. The molecule has 6 nitrogen and oxygen atoms in total. The molecule has 306 valence electrons. The molecule has 8 aromatic carbocycles. The van der Waals surface area contributed by atoms with Gasteiger partial charge in [-0.05, 0) is 89.9 Å². The first-order valence-electron chi connectivity index (χ1n) is 23.3. The van der Waals surface area contributed by atoms with E-state index in [1.807, 2.05) is 97.1 Å². The van der Waals surface area contributed by atoms with Crippen molar-refractivity contribution in [3.05, 3.63) is 212 Å². The van der Waals surface area contributed by atoms with E-state index in [1.54, 1.807) is 41.1 Å². The zero-order valence-electron chi connectivity index (χ0n) is 39.3. The van der Waals surface area contributed by atoms with Gasteiger partial charge in [-0.2, -0.15) is 12.1 Å². The van der Waals surface area contributed by atoms with Crippen molar-refractivity contribution < 1.29 is 38.8 Å². The number of hydrogen-bond donors (Lipinski definition) is 0. The second-order valence-electron chi connectivity index (χ2n) is 15.3. The van der Waals surface area contributed by atoms with Gasteiger partial charge < -0.3 is 23.8 Å². The Morgan fingerprint density at radius 2 is 1.30 bits per heavy atom. The van der Waals surface area contributed by atoms with E-state index in [-0.39, 0.29) is 32.2 Å². The maximum Gasteiger partial charge on any atom is 0.135 e. The Hall–Kier alpha value is -7.40. The second kappa shape index (κ2) is 15.5. The molecule has 12 bridgehead atoms. The minimum absolute atomic E-state index is 0. The molecular weight excluding hydrogens is 956 g/mol. The number of ether oxygens (including phenoxy) is 2. The summed E-state index contributed by atoms with van der Waals surface area (Å²) in [6, 6.07) is 63.2. The van der Waals surface area contributed by atoms with Crippen molar-refractivity contribution in [1.29, 1.82) is 0 Å². The molecule has 0 unspecified atom stereocenters. The minimum Gasteiger partial charge on any atom is -0.509 e. The van der Waals surface area contributed by atoms with Gasteiger partial charge in [0.1, 0.15) is 17.3 Å². The van der Waals surface area contributed by atoms with Crippen molar-refractivity contribution in [3.8, 4) is 62.2 Å². The van der Waals surface area contributed by atoms with Crippen LogP contribution in [0.1, 0.15) is 19.4 Å². The number of pyridine rings is 1. The van der Waals surface area contributed by atoms with Crippen LogP contribution in [0.25, 0.3) is 61.0 Å². The predicted molar refractivity (Wildman–Crippen MR) is 250 cm³/mol. The molecule has 0 N–H and O–H groups in total. The molecule has 4 aliphatic heterocycles. The van der Waals surface area contributed by atoms with E-state index in [1.165, 1.54) is 0 Å². The first kappa shape index (κ1) is 32.3. The van der Waals surface area contributed by atoms with Gasteiger partial charge in [0.05, 0.1) is 0 Å². The monoisotopic (exact) mass is 998 g/mol. The zero-order valence-corrected chi connectivity index (χ0v) is 35.6. The Morgan fingerprint density at radius 3 is 2.14 bits per heavy atom. The molecule has 14 rings (SSSR count). The summed E-state index contributed by atoms with van der Waals surface area (Å²) < 4.78 is 65.6. The number of para-hydroxylation sites is 3. The number of nitrogens with zero attached hydrogens (tertiary/aromatic N) is 4. The van der Waals surface area contributed by atoms with Crippen LogP contribution in [0.15, 0.2) is 182 Å². The molecule has 0 atom stereocenters. The van der Waals surface area contributed by atoms with Gasteiger partial charge in [0.25, 0.3) is 0 Å². The number of fused-ring (bicyclic) bond motifs is 5. The molecule has 4 aliphatic rings. The number of aryl methyl sites for hydroxylation is 2. The maximum absolute atomic E-state index is 8.70. The molecule has 0 amide bonds. The number of anilines is 4. The minimum atomic E-state index is -2.53. The van der Waals surface area contributed by atoms with Crippen LogP contribution in [-0.2, 0) is 21.1 Å². The van der Waals surface area contributed by atoms with Crippen molar-refractivity contribution in [2.75, 3.05) is 9.80 Å². The van der Waals surface area contributed by atoms with Gasteiger partial charge in [-0.25, -0.2) is 4.98 Å². The van der Waals surface area contributed by atoms with Crippen molar-refractivity contribution in [2.45, 2.75) is 13.7 Å². The van der Waals surface area contributed by atoms with Crippen LogP contribution in [0.4, 0.5) is 22.7 Å². The second-order valence-corrected chi connectivity index (χ2v) is 15.3. The van der Waals surface area contributed by atoms with Crippen molar-refractivity contribution in [1.82, 2.24) is 9.55 Å². The third-order valence-electron chi connectivity index (χ3n) is 11.5. The number of benzene rings is 8. The number of aromatic nitrogens is 2. The molecule has 0 fully saturated rings. The fourth-order valence-corrected chi connectivity index (χ4v) is 8.71. The van der Waals surface area contributed by atoms with Gasteiger partial charge >= 0.3 is 0 Å². The zero-order chi connectivity index (χ0) is 46.3. The third-order valence-corrected chi connectivity index (χ3v) is 11.5. The Bertz CT molecular complexity index is 3610. The fraction of sp³-hybridized carbons (Fsp3) is 0.0357. The average molecular weight is 999 g/mol. The normalized spacial score (nSPS) is 14.4. The van der Waals surface area contributed by atoms with Crippen LogP contribution in [0, 0.1) is 32.5 Å². The molecule has 2 aromatic heterocycles. The number of rotatable bonds is 1. The Kier molecular flexibility index (Phi) is 7.95. The van der Waals surface area contributed by atoms with Gasteiger partial charge in [0.15, 0.2) is 0 Å². The van der Waals surface area contributed by atoms with Gasteiger partial charge in [0.2, 0.25) is 0 Å². The van der Waals surface area contributed by atoms with E-state index in [2.05, 4.69) is 77.1 Å². The van der Waals surface area contributed by atoms with Crippen molar-refractivity contribution in [3.63, 3.8) is 0 Å². The van der Waals surface area contributed by atoms with E-state index in [0.29, 0.717) is 61.7 Å². The molecule has 7 heteroatoms. The summed E-state index contributed by atoms with van der Waals surface area (Å²) in [4.78, 5) is 9.21. The van der Waals surface area contributed by atoms with E-state index >= 15 is 0 Å². The molecule has 0 saturated carbocycles. The Labute approximate surface area is 388 Å². The quantitative estimate of drug-likeness (QED) is 0.153. The summed E-state index contributed by atoms with van der Waals surface area (Å²) >= 11 is 0. The van der Waals surface area contributed by atoms with Crippen LogP contribution in [0.5, 0.6) is 23.0 Å². The summed E-state index contributed by atoms with van der Waals surface area (Å²) in [6.07, 6.45) is 1.57. The predicted octanol–water partition coefficient (Wildman–Crippen LogP) is 14.7. The van der Waals surface area contributed by atoms with Crippen molar-refractivity contribution >= 4 is 44.6 Å². The Morgan fingerprint density at radius 1 is 0.556 bits per heavy atom. The van der Waals surface area contributed by atoms with E-state index in [4.69, 9.17) is 22.7 Å². The SMILES string of the molecule is [2H]C([2H])([2H])c1ccc2c(c1)c1ccc3[c-]c1n2-c1cc(C([2H])([2H])[2H])c(cn1)-c1ccc(cc1)Oc1cccc(c1)-c1cccc(-c2ccccc2)c1N1[CH-]N(c2[c-]c(ccc2)O3)c2ccccc21.[Pt]. The first-order valence-corrected chi connectivity index (χ1v) is 20.3. The molecule has 6 heterocycles. The standard InChI is InChI=1S/C56H37N4O2.Pt/c1-36-21-28-51-49(29-36)48-27-26-45-33-54(48)60(51)55-30-37(2)50(34-57-55)39-22-24-42(25-23-39)61-43-15-8-13-40(31-43)47-18-10-17-46(38-11-4-3-5-12-38)56(47)59-35-58(52-19-6-7-20-53(52)59)41-14-9-16-44(32-41)62-45;/h3-31,34-35H,1-2H3;/q-3;/i1D3,2D3;. The van der Waals surface area contributed by atoms with E-state index in [9.17, 15) is 0 Å². The summed E-state index contributed by atoms with van der Waals surface area (Å²) in [5.74, 6) is 2.31. The fourth-order valence-electron chi connectivity index (χ4n) is 8.71. The van der Waals surface area contributed by atoms with Crippen LogP contribution in [0.3, 0.4) is 0 Å². The molecular formula is C56H37N4O2Pt-3. The first-order chi connectivity index (χ1) is 32.9. The van der Waals surface area contributed by atoms with Gasteiger partial charge in [0, 0.05) is 86.3 Å². The average Bonchev–Trinajstić information content (AvgIpc) is 3.89. The van der Waals surface area contributed by atoms with Gasteiger partial charge in [-0.3, -0.25) is 0 Å². The molecule has 0 spiro atoms. The number of hydrogen-bond acceptors (Lipinski definition) is 5. The van der Waals surface area contributed by atoms with Crippen LogP contribution in [0.2, 0.25) is 0 Å². The molecule has 10 aromatic rings. The summed E-state index contributed by atoms with van der Waals surface area (Å²) in [5.41, 5.74) is 10.1. The van der Waals surface area contributed by atoms with Crippen LogP contribution < -0.4 is 19.3 Å². The topological polar surface area (TPSA) is 42.8 Å². The summed E-state index contributed by atoms with van der Waals surface area (Å²) in [6.45, 7) is -2.80. The van der Waals surface area contributed by atoms with Gasteiger partial charge in [-0.15, -0.1) is 48.1 Å². The molecule has 63 heavy (non-hydrogen) atoms. The Balaban J connectivity index is 0.00000520. The molecule has 0 saturated heterocycles. The van der Waals surface area contributed by atoms with Crippen molar-refractivity contribution in [2.24, 2.45) is 0 Å². The third kappa shape index (κ3) is 6.66.